The quantitative estimate of drug-likeness (QED) is 0.462. The van der Waals surface area contributed by atoms with Crippen LogP contribution in [-0.2, 0) is 4.79 Å². The van der Waals surface area contributed by atoms with Gasteiger partial charge in [-0.05, 0) is 63.2 Å². The van der Waals surface area contributed by atoms with Crippen molar-refractivity contribution in [3.05, 3.63) is 22.8 Å². The molecule has 0 aromatic carbocycles. The zero-order valence-corrected chi connectivity index (χ0v) is 13.9. The van der Waals surface area contributed by atoms with Gasteiger partial charge in [0.2, 0.25) is 0 Å². The van der Waals surface area contributed by atoms with Crippen molar-refractivity contribution in [3.63, 3.8) is 0 Å². The van der Waals surface area contributed by atoms with E-state index in [0.29, 0.717) is 11.2 Å². The maximum Gasteiger partial charge on any atom is 0.137 e. The molecule has 0 N–H and O–H groups in total. The average Bonchev–Trinajstić information content (AvgIpc) is 2.84. The number of rotatable bonds is 0. The fourth-order valence-corrected chi connectivity index (χ4v) is 5.95. The maximum atomic E-state index is 11.8. The minimum atomic E-state index is 0.326. The lowest BCUT2D eigenvalue weighted by Crippen LogP contribution is -2.42. The van der Waals surface area contributed by atoms with Crippen molar-refractivity contribution in [1.29, 1.82) is 0 Å². The van der Waals surface area contributed by atoms with Crippen molar-refractivity contribution in [2.45, 2.75) is 65.2 Å². The van der Waals surface area contributed by atoms with Crippen LogP contribution in [0.5, 0.6) is 0 Å². The summed E-state index contributed by atoms with van der Waals surface area (Å²) in [7, 11) is 0. The van der Waals surface area contributed by atoms with Crippen molar-refractivity contribution < 1.29 is 4.79 Å². The van der Waals surface area contributed by atoms with Gasteiger partial charge < -0.3 is 0 Å². The monoisotopic (exact) mass is 294 g/mol. The molecule has 0 amide bonds. The molecule has 0 saturated heterocycles. The molecule has 0 aromatic rings. The summed E-state index contributed by atoms with van der Waals surface area (Å²) in [4.78, 5) is 11.8. The molecule has 0 heterocycles. The molecular weight excluding hydrogens is 268 g/mol. The van der Waals surface area contributed by atoms with Crippen LogP contribution >= 0.6 is 0 Å². The Labute approximate surface area is 134 Å². The van der Waals surface area contributed by atoms with Crippen molar-refractivity contribution >= 4 is 5.78 Å². The number of ketones is 1. The van der Waals surface area contributed by atoms with E-state index >= 15 is 0 Å². The van der Waals surface area contributed by atoms with Crippen molar-refractivity contribution in [2.24, 2.45) is 23.2 Å². The molecule has 4 aliphatic carbocycles. The highest BCUT2D eigenvalue weighted by molar-refractivity contribution is 5.82. The zero-order chi connectivity index (χ0) is 15.3. The molecule has 116 valence electrons. The molecule has 0 aromatic heterocycles. The SMILES string of the molecule is CC#CC1=CCC2C3CCC4=C(CCC(=O)C4)C3CC[C@]12C. The van der Waals surface area contributed by atoms with Crippen LogP contribution in [0, 0.1) is 35.0 Å². The molecule has 0 aliphatic heterocycles. The molecule has 0 spiro atoms. The minimum absolute atomic E-state index is 0.326. The number of hydrogen-bond donors (Lipinski definition) is 0. The molecule has 1 nitrogen and oxygen atoms in total. The number of carbonyl (C=O) groups excluding carboxylic acids is 1. The van der Waals surface area contributed by atoms with Gasteiger partial charge in [-0.3, -0.25) is 4.79 Å². The van der Waals surface area contributed by atoms with Crippen LogP contribution in [0.25, 0.3) is 0 Å². The van der Waals surface area contributed by atoms with Crippen molar-refractivity contribution in [1.82, 2.24) is 0 Å². The molecule has 4 rings (SSSR count). The number of carbonyl (C=O) groups is 1. The molecule has 0 radical (unpaired) electrons. The Morgan fingerprint density at radius 2 is 2.09 bits per heavy atom. The van der Waals surface area contributed by atoms with E-state index in [9.17, 15) is 4.79 Å². The van der Waals surface area contributed by atoms with Gasteiger partial charge in [0.05, 0.1) is 0 Å². The van der Waals surface area contributed by atoms with Gasteiger partial charge in [-0.25, -0.2) is 0 Å². The van der Waals surface area contributed by atoms with E-state index in [1.807, 2.05) is 6.92 Å². The van der Waals surface area contributed by atoms with Crippen LogP contribution < -0.4 is 0 Å². The topological polar surface area (TPSA) is 17.1 Å². The first-order chi connectivity index (χ1) is 10.6. The third-order valence-corrected chi connectivity index (χ3v) is 7.04. The second-order valence-corrected chi connectivity index (χ2v) is 7.94. The van der Waals surface area contributed by atoms with Gasteiger partial charge in [-0.15, -0.1) is 5.92 Å². The number of allylic oxidation sites excluding steroid dienone is 4. The summed E-state index contributed by atoms with van der Waals surface area (Å²) >= 11 is 0. The van der Waals surface area contributed by atoms with Crippen LogP contribution in [0.15, 0.2) is 22.8 Å². The summed E-state index contributed by atoms with van der Waals surface area (Å²) in [6.45, 7) is 4.42. The maximum absolute atomic E-state index is 11.8. The molecule has 0 bridgehead atoms. The van der Waals surface area contributed by atoms with Gasteiger partial charge in [-0.2, -0.15) is 0 Å². The molecule has 1 saturated carbocycles. The number of Topliss-reactive ketones (excluding diaryl/α,β-unsaturated/α-hetero) is 1. The van der Waals surface area contributed by atoms with Gasteiger partial charge in [0, 0.05) is 23.8 Å². The normalized spacial score (nSPS) is 40.2. The first-order valence-electron chi connectivity index (χ1n) is 8.99. The van der Waals surface area contributed by atoms with Crippen LogP contribution in [0.1, 0.15) is 65.2 Å². The fraction of sp³-hybridized carbons (Fsp3) is 0.667. The molecular formula is C21H26O. The summed E-state index contributed by atoms with van der Waals surface area (Å²) in [6, 6.07) is 0. The lowest BCUT2D eigenvalue weighted by molar-refractivity contribution is -0.119. The summed E-state index contributed by atoms with van der Waals surface area (Å²) in [5, 5.41) is 0. The lowest BCUT2D eigenvalue weighted by Gasteiger charge is -2.51. The molecule has 1 fully saturated rings. The van der Waals surface area contributed by atoms with Gasteiger partial charge >= 0.3 is 0 Å². The highest BCUT2D eigenvalue weighted by Crippen LogP contribution is 2.61. The van der Waals surface area contributed by atoms with E-state index in [4.69, 9.17) is 0 Å². The standard InChI is InChI=1S/C21H26O/c1-3-4-15-6-10-20-19-8-5-14-13-16(22)7-9-17(14)18(19)11-12-21(15,20)2/h6,18-20H,5,7-13H2,1-2H3/t18?,19?,20?,21-/m1/s1. The minimum Gasteiger partial charge on any atom is -0.299 e. The van der Waals surface area contributed by atoms with Gasteiger partial charge in [0.25, 0.3) is 0 Å². The lowest BCUT2D eigenvalue weighted by atomic mass is 9.53. The summed E-state index contributed by atoms with van der Waals surface area (Å²) < 4.78 is 0. The van der Waals surface area contributed by atoms with Gasteiger partial charge in [0.1, 0.15) is 5.78 Å². The highest BCUT2D eigenvalue weighted by Gasteiger charge is 2.52. The zero-order valence-electron chi connectivity index (χ0n) is 13.9. The molecule has 4 atom stereocenters. The molecule has 22 heavy (non-hydrogen) atoms. The average molecular weight is 294 g/mol. The van der Waals surface area contributed by atoms with Gasteiger partial charge in [-0.1, -0.05) is 30.1 Å². The van der Waals surface area contributed by atoms with E-state index in [-0.39, 0.29) is 0 Å². The van der Waals surface area contributed by atoms with Crippen LogP contribution in [0.4, 0.5) is 0 Å². The Morgan fingerprint density at radius 1 is 1.23 bits per heavy atom. The van der Waals surface area contributed by atoms with E-state index in [2.05, 4.69) is 24.8 Å². The summed E-state index contributed by atoms with van der Waals surface area (Å²) in [6.07, 6.45) is 11.4. The largest absolute Gasteiger partial charge is 0.299 e. The van der Waals surface area contributed by atoms with Crippen molar-refractivity contribution in [2.75, 3.05) is 0 Å². The molecule has 4 aliphatic rings. The predicted octanol–water partition coefficient (Wildman–Crippen LogP) is 4.83. The van der Waals surface area contributed by atoms with E-state index < -0.39 is 0 Å². The Hall–Kier alpha value is -1.29. The second kappa shape index (κ2) is 5.12. The third-order valence-electron chi connectivity index (χ3n) is 7.04. The van der Waals surface area contributed by atoms with E-state index in [0.717, 1.165) is 37.0 Å². The van der Waals surface area contributed by atoms with E-state index in [1.165, 1.54) is 43.3 Å². The molecule has 1 heteroatoms. The Kier molecular flexibility index (Phi) is 3.33. The van der Waals surface area contributed by atoms with Crippen LogP contribution in [0.2, 0.25) is 0 Å². The van der Waals surface area contributed by atoms with Crippen molar-refractivity contribution in [3.8, 4) is 11.8 Å². The smallest absolute Gasteiger partial charge is 0.137 e. The number of fused-ring (bicyclic) bond motifs is 4. The summed E-state index contributed by atoms with van der Waals surface area (Å²) in [5.41, 5.74) is 4.97. The Bertz CT molecular complexity index is 639. The van der Waals surface area contributed by atoms with Crippen LogP contribution in [-0.4, -0.2) is 5.78 Å². The predicted molar refractivity (Wildman–Crippen MR) is 89.1 cm³/mol. The molecule has 3 unspecified atom stereocenters. The third kappa shape index (κ3) is 1.96. The first-order valence-corrected chi connectivity index (χ1v) is 8.99. The van der Waals surface area contributed by atoms with Crippen LogP contribution in [0.3, 0.4) is 0 Å². The van der Waals surface area contributed by atoms with Gasteiger partial charge in [0.15, 0.2) is 0 Å². The fourth-order valence-electron chi connectivity index (χ4n) is 5.95. The summed E-state index contributed by atoms with van der Waals surface area (Å²) in [5.74, 6) is 9.39. The Balaban J connectivity index is 1.64. The first kappa shape index (κ1) is 14.3. The van der Waals surface area contributed by atoms with E-state index in [1.54, 1.807) is 5.57 Å². The number of hydrogen-bond acceptors (Lipinski definition) is 1. The Morgan fingerprint density at radius 3 is 2.91 bits per heavy atom. The second-order valence-electron chi connectivity index (χ2n) is 7.94. The highest BCUT2D eigenvalue weighted by atomic mass is 16.1.